The molecule has 0 saturated carbocycles. The van der Waals surface area contributed by atoms with Gasteiger partial charge in [-0.3, -0.25) is 9.69 Å². The zero-order valence-electron chi connectivity index (χ0n) is 14.3. The van der Waals surface area contributed by atoms with Crippen LogP contribution in [0.5, 0.6) is 5.75 Å². The first-order chi connectivity index (χ1) is 11.7. The van der Waals surface area contributed by atoms with Gasteiger partial charge in [0.05, 0.1) is 7.11 Å². The van der Waals surface area contributed by atoms with Crippen LogP contribution in [0.15, 0.2) is 41.1 Å². The van der Waals surface area contributed by atoms with Gasteiger partial charge in [0.15, 0.2) is 5.69 Å². The van der Waals surface area contributed by atoms with Gasteiger partial charge in [0.2, 0.25) is 0 Å². The minimum atomic E-state index is -0.0331. The first-order valence-corrected chi connectivity index (χ1v) is 8.21. The number of carbonyl (C=O) groups is 1. The van der Waals surface area contributed by atoms with Gasteiger partial charge in [-0.15, -0.1) is 12.4 Å². The minimum absolute atomic E-state index is 0. The maximum atomic E-state index is 12.5. The average molecular weight is 364 g/mol. The number of rotatable bonds is 3. The van der Waals surface area contributed by atoms with E-state index in [1.165, 1.54) is 11.8 Å². The summed E-state index contributed by atoms with van der Waals surface area (Å²) in [6.45, 7) is 2.55. The van der Waals surface area contributed by atoms with E-state index >= 15 is 0 Å². The largest absolute Gasteiger partial charge is 0.497 e. The third-order valence-electron chi connectivity index (χ3n) is 5.30. The zero-order chi connectivity index (χ0) is 16.7. The van der Waals surface area contributed by atoms with Gasteiger partial charge in [0.1, 0.15) is 12.0 Å². The monoisotopic (exact) mass is 363 g/mol. The maximum absolute atomic E-state index is 12.5. The molecule has 25 heavy (non-hydrogen) atoms. The van der Waals surface area contributed by atoms with E-state index < -0.39 is 0 Å². The normalized spacial score (nSPS) is 25.5. The zero-order valence-corrected chi connectivity index (χ0v) is 15.1. The number of fused-ring (bicyclic) bond motifs is 1. The predicted molar refractivity (Wildman–Crippen MR) is 95.0 cm³/mol. The second-order valence-corrected chi connectivity index (χ2v) is 6.68. The number of hydrogen-bond acceptors (Lipinski definition) is 5. The molecule has 0 unspecified atom stereocenters. The SMILES string of the molecule is COc1ccc([C@H]2[C@@H]3CN(C(=O)c4ccon4)C[C@@H]3CN2C)cc1.Cl. The molecule has 0 bridgehead atoms. The van der Waals surface area contributed by atoms with E-state index in [1.54, 1.807) is 13.2 Å². The van der Waals surface area contributed by atoms with Gasteiger partial charge in [-0.25, -0.2) is 0 Å². The summed E-state index contributed by atoms with van der Waals surface area (Å²) < 4.78 is 10.1. The Balaban J connectivity index is 0.00000182. The molecule has 1 aromatic carbocycles. The molecule has 6 nitrogen and oxygen atoms in total. The highest BCUT2D eigenvalue weighted by atomic mass is 35.5. The summed E-state index contributed by atoms with van der Waals surface area (Å²) in [5.41, 5.74) is 1.67. The summed E-state index contributed by atoms with van der Waals surface area (Å²) >= 11 is 0. The third-order valence-corrected chi connectivity index (χ3v) is 5.30. The maximum Gasteiger partial charge on any atom is 0.276 e. The van der Waals surface area contributed by atoms with Gasteiger partial charge in [0, 0.05) is 37.7 Å². The van der Waals surface area contributed by atoms with Crippen LogP contribution in [0.4, 0.5) is 0 Å². The molecule has 3 atom stereocenters. The number of ether oxygens (including phenoxy) is 1. The van der Waals surface area contributed by atoms with Crippen LogP contribution in [-0.4, -0.2) is 54.7 Å². The molecule has 2 fully saturated rings. The highest BCUT2D eigenvalue weighted by Gasteiger charge is 2.47. The van der Waals surface area contributed by atoms with Gasteiger partial charge in [-0.2, -0.15) is 0 Å². The number of hydrogen-bond donors (Lipinski definition) is 0. The van der Waals surface area contributed by atoms with E-state index in [0.717, 1.165) is 25.4 Å². The standard InChI is InChI=1S/C18H21N3O3.ClH/c1-20-9-13-10-21(18(22)16-7-8-24-19-16)11-15(13)17(20)12-3-5-14(23-2)6-4-12;/h3-8,13,15,17H,9-11H2,1-2H3;1H/t13-,15+,17-;/m0./s1. The summed E-state index contributed by atoms with van der Waals surface area (Å²) in [4.78, 5) is 16.8. The molecule has 0 aliphatic carbocycles. The molecule has 1 amide bonds. The number of amides is 1. The molecule has 134 valence electrons. The van der Waals surface area contributed by atoms with Gasteiger partial charge in [0.25, 0.3) is 5.91 Å². The number of halogens is 1. The molecule has 2 aromatic rings. The lowest BCUT2D eigenvalue weighted by molar-refractivity contribution is 0.0757. The minimum Gasteiger partial charge on any atom is -0.497 e. The molecule has 3 heterocycles. The molecule has 2 aliphatic heterocycles. The molecule has 0 N–H and O–H groups in total. The number of likely N-dealkylation sites (tertiary alicyclic amines) is 2. The van der Waals surface area contributed by atoms with Gasteiger partial charge in [-0.05, 0) is 30.7 Å². The van der Waals surface area contributed by atoms with Crippen molar-refractivity contribution in [3.63, 3.8) is 0 Å². The lowest BCUT2D eigenvalue weighted by atomic mass is 9.89. The lowest BCUT2D eigenvalue weighted by Gasteiger charge is -2.26. The summed E-state index contributed by atoms with van der Waals surface area (Å²) in [5, 5.41) is 3.78. The van der Waals surface area contributed by atoms with Crippen molar-refractivity contribution in [2.24, 2.45) is 11.8 Å². The summed E-state index contributed by atoms with van der Waals surface area (Å²) in [6.07, 6.45) is 1.44. The summed E-state index contributed by atoms with van der Waals surface area (Å²) in [7, 11) is 3.84. The number of benzene rings is 1. The molecule has 4 rings (SSSR count). The number of methoxy groups -OCH3 is 1. The van der Waals surface area contributed by atoms with E-state index in [-0.39, 0.29) is 18.3 Å². The highest BCUT2D eigenvalue weighted by Crippen LogP contribution is 2.44. The van der Waals surface area contributed by atoms with Crippen molar-refractivity contribution in [2.45, 2.75) is 6.04 Å². The van der Waals surface area contributed by atoms with E-state index in [4.69, 9.17) is 9.26 Å². The topological polar surface area (TPSA) is 58.8 Å². The van der Waals surface area contributed by atoms with E-state index in [1.807, 2.05) is 17.0 Å². The van der Waals surface area contributed by atoms with Crippen LogP contribution in [0.1, 0.15) is 22.1 Å². The van der Waals surface area contributed by atoms with Crippen molar-refractivity contribution in [1.82, 2.24) is 15.0 Å². The molecular weight excluding hydrogens is 342 g/mol. The Hall–Kier alpha value is -2.05. The second kappa shape index (κ2) is 7.06. The van der Waals surface area contributed by atoms with Crippen molar-refractivity contribution in [3.8, 4) is 5.75 Å². The lowest BCUT2D eigenvalue weighted by Crippen LogP contribution is -2.33. The van der Waals surface area contributed by atoms with Crippen molar-refractivity contribution in [2.75, 3.05) is 33.8 Å². The van der Waals surface area contributed by atoms with Crippen molar-refractivity contribution in [1.29, 1.82) is 0 Å². The van der Waals surface area contributed by atoms with Crippen LogP contribution < -0.4 is 4.74 Å². The highest BCUT2D eigenvalue weighted by molar-refractivity contribution is 5.92. The van der Waals surface area contributed by atoms with E-state index in [9.17, 15) is 4.79 Å². The van der Waals surface area contributed by atoms with Crippen LogP contribution >= 0.6 is 12.4 Å². The summed E-state index contributed by atoms with van der Waals surface area (Å²) in [6, 6.07) is 10.2. The van der Waals surface area contributed by atoms with Gasteiger partial charge < -0.3 is 14.2 Å². The smallest absolute Gasteiger partial charge is 0.276 e. The van der Waals surface area contributed by atoms with Crippen LogP contribution in [0.3, 0.4) is 0 Å². The van der Waals surface area contributed by atoms with E-state index in [2.05, 4.69) is 29.2 Å². The quantitative estimate of drug-likeness (QED) is 0.838. The Morgan fingerprint density at radius 1 is 1.20 bits per heavy atom. The molecule has 2 aliphatic rings. The number of aromatic nitrogens is 1. The predicted octanol–water partition coefficient (Wildman–Crippen LogP) is 2.48. The number of carbonyl (C=O) groups excluding carboxylic acids is 1. The molecule has 2 saturated heterocycles. The second-order valence-electron chi connectivity index (χ2n) is 6.68. The van der Waals surface area contributed by atoms with Crippen molar-refractivity contribution < 1.29 is 14.1 Å². The summed E-state index contributed by atoms with van der Waals surface area (Å²) in [5.74, 6) is 1.77. The Labute approximate surface area is 153 Å². The van der Waals surface area contributed by atoms with Crippen LogP contribution in [0, 0.1) is 11.8 Å². The van der Waals surface area contributed by atoms with Crippen LogP contribution in [0.2, 0.25) is 0 Å². The molecular formula is C18H22ClN3O3. The van der Waals surface area contributed by atoms with Crippen LogP contribution in [-0.2, 0) is 0 Å². The van der Waals surface area contributed by atoms with Gasteiger partial charge >= 0.3 is 0 Å². The molecule has 7 heteroatoms. The Kier molecular flexibility index (Phi) is 5.01. The third kappa shape index (κ3) is 3.12. The van der Waals surface area contributed by atoms with Crippen molar-refractivity contribution in [3.05, 3.63) is 47.9 Å². The van der Waals surface area contributed by atoms with E-state index in [0.29, 0.717) is 23.6 Å². The Morgan fingerprint density at radius 3 is 2.60 bits per heavy atom. The first kappa shape index (κ1) is 17.8. The fraction of sp³-hybridized carbons (Fsp3) is 0.444. The first-order valence-electron chi connectivity index (χ1n) is 8.21. The molecule has 0 spiro atoms. The number of nitrogens with zero attached hydrogens (tertiary/aromatic N) is 3. The van der Waals surface area contributed by atoms with Crippen LogP contribution in [0.25, 0.3) is 0 Å². The average Bonchev–Trinajstić information content (AvgIpc) is 3.30. The Morgan fingerprint density at radius 2 is 1.96 bits per heavy atom. The van der Waals surface area contributed by atoms with Crippen molar-refractivity contribution >= 4 is 18.3 Å². The fourth-order valence-corrected chi connectivity index (χ4v) is 4.21. The molecule has 1 aromatic heterocycles. The van der Waals surface area contributed by atoms with Gasteiger partial charge in [-0.1, -0.05) is 17.3 Å². The Bertz CT molecular complexity index is 720. The fourth-order valence-electron chi connectivity index (χ4n) is 4.21. The molecule has 0 radical (unpaired) electrons.